The van der Waals surface area contributed by atoms with Crippen LogP contribution in [0.3, 0.4) is 0 Å². The second-order valence-electron chi connectivity index (χ2n) is 6.05. The Hall–Kier alpha value is -2.54. The maximum Gasteiger partial charge on any atom is 0.414 e. The van der Waals surface area contributed by atoms with Crippen LogP contribution in [0.25, 0.3) is 21.3 Å². The molecule has 2 aromatic heterocycles. The van der Waals surface area contributed by atoms with Crippen LogP contribution in [-0.4, -0.2) is 26.6 Å². The van der Waals surface area contributed by atoms with Crippen molar-refractivity contribution in [2.24, 2.45) is 0 Å². The Morgan fingerprint density at radius 3 is 2.83 bits per heavy atom. The van der Waals surface area contributed by atoms with E-state index >= 15 is 0 Å². The molecule has 0 aliphatic heterocycles. The van der Waals surface area contributed by atoms with Crippen LogP contribution >= 0.6 is 11.3 Å². The largest absolute Gasteiger partial charge is 0.414 e. The fourth-order valence-corrected chi connectivity index (χ4v) is 2.74. The SMILES string of the molecule is CC(C)(C)NC(=O)Oc1ncc(-c2ccc3cncnc3c2)s1. The molecule has 3 aromatic rings. The summed E-state index contributed by atoms with van der Waals surface area (Å²) >= 11 is 1.31. The van der Waals surface area contributed by atoms with Gasteiger partial charge in [-0.3, -0.25) is 0 Å². The molecule has 2 heterocycles. The van der Waals surface area contributed by atoms with Gasteiger partial charge in [0, 0.05) is 23.3 Å². The standard InChI is InChI=1S/C16H16N4O2S/c1-16(2,3)20-14(21)22-15-18-8-13(23-15)10-4-5-11-7-17-9-19-12(11)6-10/h4-9H,1-3H3,(H,20,21). The molecule has 0 saturated heterocycles. The van der Waals surface area contributed by atoms with Crippen molar-refractivity contribution in [2.75, 3.05) is 0 Å². The lowest BCUT2D eigenvalue weighted by atomic mass is 10.1. The Labute approximate surface area is 137 Å². The number of fused-ring (bicyclic) bond motifs is 1. The van der Waals surface area contributed by atoms with E-state index in [4.69, 9.17) is 4.74 Å². The van der Waals surface area contributed by atoms with E-state index in [9.17, 15) is 4.79 Å². The molecule has 0 radical (unpaired) electrons. The Bertz CT molecular complexity index is 854. The van der Waals surface area contributed by atoms with Crippen LogP contribution < -0.4 is 10.1 Å². The molecule has 0 fully saturated rings. The Morgan fingerprint density at radius 2 is 2.04 bits per heavy atom. The first-order valence-electron chi connectivity index (χ1n) is 7.07. The fourth-order valence-electron chi connectivity index (χ4n) is 1.98. The molecule has 1 aromatic carbocycles. The lowest BCUT2D eigenvalue weighted by Gasteiger charge is -2.18. The van der Waals surface area contributed by atoms with Crippen molar-refractivity contribution in [3.63, 3.8) is 0 Å². The number of ether oxygens (including phenoxy) is 1. The molecular formula is C16H16N4O2S. The molecule has 0 unspecified atom stereocenters. The summed E-state index contributed by atoms with van der Waals surface area (Å²) in [5.74, 6) is 0. The van der Waals surface area contributed by atoms with Gasteiger partial charge >= 0.3 is 6.09 Å². The molecule has 3 rings (SSSR count). The number of hydrogen-bond donors (Lipinski definition) is 1. The summed E-state index contributed by atoms with van der Waals surface area (Å²) in [7, 11) is 0. The third-order valence-electron chi connectivity index (χ3n) is 2.93. The number of thiazole rings is 1. The first-order valence-corrected chi connectivity index (χ1v) is 7.88. The highest BCUT2D eigenvalue weighted by Crippen LogP contribution is 2.31. The molecule has 0 bridgehead atoms. The van der Waals surface area contributed by atoms with Crippen LogP contribution in [0.2, 0.25) is 0 Å². The smallest absolute Gasteiger partial charge is 0.381 e. The van der Waals surface area contributed by atoms with Crippen molar-refractivity contribution in [1.29, 1.82) is 0 Å². The van der Waals surface area contributed by atoms with Crippen molar-refractivity contribution in [3.05, 3.63) is 36.9 Å². The van der Waals surface area contributed by atoms with E-state index in [2.05, 4.69) is 20.3 Å². The Balaban J connectivity index is 1.79. The summed E-state index contributed by atoms with van der Waals surface area (Å²) in [4.78, 5) is 25.1. The quantitative estimate of drug-likeness (QED) is 0.777. The first-order chi connectivity index (χ1) is 10.9. The van der Waals surface area contributed by atoms with E-state index in [1.165, 1.54) is 17.7 Å². The summed E-state index contributed by atoms with van der Waals surface area (Å²) in [6.07, 6.45) is 4.46. The number of carbonyl (C=O) groups excluding carboxylic acids is 1. The van der Waals surface area contributed by atoms with Crippen LogP contribution in [-0.2, 0) is 0 Å². The number of hydrogen-bond acceptors (Lipinski definition) is 6. The lowest BCUT2D eigenvalue weighted by Crippen LogP contribution is -2.42. The van der Waals surface area contributed by atoms with E-state index in [0.717, 1.165) is 21.3 Å². The number of nitrogens with zero attached hydrogens (tertiary/aromatic N) is 3. The minimum absolute atomic E-state index is 0.310. The Kier molecular flexibility index (Phi) is 3.96. The molecule has 1 amide bonds. The van der Waals surface area contributed by atoms with Crippen LogP contribution in [0.4, 0.5) is 4.79 Å². The molecule has 6 nitrogen and oxygen atoms in total. The maximum absolute atomic E-state index is 11.8. The van der Waals surface area contributed by atoms with E-state index < -0.39 is 6.09 Å². The van der Waals surface area contributed by atoms with Gasteiger partial charge in [-0.2, -0.15) is 0 Å². The topological polar surface area (TPSA) is 77.0 Å². The zero-order valence-electron chi connectivity index (χ0n) is 13.0. The van der Waals surface area contributed by atoms with Crippen molar-refractivity contribution in [3.8, 4) is 15.6 Å². The number of aromatic nitrogens is 3. The molecule has 7 heteroatoms. The summed E-state index contributed by atoms with van der Waals surface area (Å²) in [6, 6.07) is 5.89. The summed E-state index contributed by atoms with van der Waals surface area (Å²) in [6.45, 7) is 5.66. The number of amides is 1. The van der Waals surface area contributed by atoms with Gasteiger partial charge in [-0.1, -0.05) is 23.5 Å². The highest BCUT2D eigenvalue weighted by molar-refractivity contribution is 7.16. The van der Waals surface area contributed by atoms with Crippen molar-refractivity contribution in [1.82, 2.24) is 20.3 Å². The van der Waals surface area contributed by atoms with Crippen LogP contribution in [0.1, 0.15) is 20.8 Å². The predicted molar refractivity (Wildman–Crippen MR) is 89.6 cm³/mol. The monoisotopic (exact) mass is 328 g/mol. The van der Waals surface area contributed by atoms with E-state index in [1.807, 2.05) is 39.0 Å². The van der Waals surface area contributed by atoms with Gasteiger partial charge in [-0.15, -0.1) is 0 Å². The van der Waals surface area contributed by atoms with Crippen molar-refractivity contribution < 1.29 is 9.53 Å². The zero-order chi connectivity index (χ0) is 16.4. The number of nitrogens with one attached hydrogen (secondary N) is 1. The highest BCUT2D eigenvalue weighted by atomic mass is 32.1. The minimum Gasteiger partial charge on any atom is -0.381 e. The summed E-state index contributed by atoms with van der Waals surface area (Å²) < 4.78 is 5.21. The third kappa shape index (κ3) is 3.81. The number of rotatable bonds is 2. The second-order valence-corrected chi connectivity index (χ2v) is 7.04. The van der Waals surface area contributed by atoms with Gasteiger partial charge in [0.2, 0.25) is 0 Å². The Morgan fingerprint density at radius 1 is 1.22 bits per heavy atom. The van der Waals surface area contributed by atoms with E-state index in [0.29, 0.717) is 5.19 Å². The van der Waals surface area contributed by atoms with E-state index in [-0.39, 0.29) is 5.54 Å². The molecule has 118 valence electrons. The average Bonchev–Trinajstić information content (AvgIpc) is 2.93. The molecule has 23 heavy (non-hydrogen) atoms. The fraction of sp³-hybridized carbons (Fsp3) is 0.250. The maximum atomic E-state index is 11.8. The average molecular weight is 328 g/mol. The van der Waals surface area contributed by atoms with Crippen LogP contribution in [0.15, 0.2) is 36.9 Å². The molecule has 0 aliphatic carbocycles. The van der Waals surface area contributed by atoms with Gasteiger partial charge < -0.3 is 10.1 Å². The van der Waals surface area contributed by atoms with Gasteiger partial charge in [-0.25, -0.2) is 19.7 Å². The highest BCUT2D eigenvalue weighted by Gasteiger charge is 2.17. The van der Waals surface area contributed by atoms with Crippen molar-refractivity contribution >= 4 is 28.3 Å². The van der Waals surface area contributed by atoms with Gasteiger partial charge in [-0.05, 0) is 32.4 Å². The number of carbonyl (C=O) groups is 1. The minimum atomic E-state index is -0.510. The van der Waals surface area contributed by atoms with Crippen LogP contribution in [0, 0.1) is 0 Å². The van der Waals surface area contributed by atoms with Crippen molar-refractivity contribution in [2.45, 2.75) is 26.3 Å². The molecule has 0 atom stereocenters. The van der Waals surface area contributed by atoms with Gasteiger partial charge in [0.05, 0.1) is 10.4 Å². The first kappa shape index (κ1) is 15.4. The van der Waals surface area contributed by atoms with Gasteiger partial charge in [0.25, 0.3) is 5.19 Å². The normalized spacial score (nSPS) is 11.4. The van der Waals surface area contributed by atoms with Gasteiger partial charge in [0.1, 0.15) is 6.33 Å². The molecule has 0 saturated carbocycles. The summed E-state index contributed by atoms with van der Waals surface area (Å²) in [5, 5.41) is 4.01. The van der Waals surface area contributed by atoms with Crippen LogP contribution in [0.5, 0.6) is 5.19 Å². The number of benzene rings is 1. The summed E-state index contributed by atoms with van der Waals surface area (Å²) in [5.41, 5.74) is 1.48. The lowest BCUT2D eigenvalue weighted by molar-refractivity contribution is 0.190. The van der Waals surface area contributed by atoms with E-state index in [1.54, 1.807) is 12.4 Å². The van der Waals surface area contributed by atoms with Gasteiger partial charge in [0.15, 0.2) is 0 Å². The molecule has 0 aliphatic rings. The predicted octanol–water partition coefficient (Wildman–Crippen LogP) is 3.64. The second kappa shape index (κ2) is 5.92. The molecular weight excluding hydrogens is 312 g/mol. The molecule has 1 N–H and O–H groups in total. The third-order valence-corrected chi connectivity index (χ3v) is 3.86. The molecule has 0 spiro atoms. The zero-order valence-corrected chi connectivity index (χ0v) is 13.8.